The molecule has 1 aromatic heterocycles. The average Bonchev–Trinajstić information content (AvgIpc) is 2.87. The fourth-order valence-corrected chi connectivity index (χ4v) is 2.86. The normalized spacial score (nSPS) is 13.6. The number of hydrogen-bond acceptors (Lipinski definition) is 3. The van der Waals surface area contributed by atoms with E-state index < -0.39 is 0 Å². The first-order chi connectivity index (χ1) is 12.2. The number of benzene rings is 1. The van der Waals surface area contributed by atoms with Crippen LogP contribution in [0.5, 0.6) is 11.5 Å². The van der Waals surface area contributed by atoms with Crippen molar-refractivity contribution in [3.05, 3.63) is 47.8 Å². The van der Waals surface area contributed by atoms with Gasteiger partial charge in [0.15, 0.2) is 17.5 Å². The van der Waals surface area contributed by atoms with Crippen LogP contribution in [-0.4, -0.2) is 42.7 Å². The predicted octanol–water partition coefficient (Wildman–Crippen LogP) is 3.01. The SMILES string of the molecule is CN=C(NCc1ccc2c(c1)OCCCO2)N(C)Cc1cccn1C.I. The Labute approximate surface area is 172 Å². The van der Waals surface area contributed by atoms with E-state index in [4.69, 9.17) is 9.47 Å². The number of nitrogens with one attached hydrogen (secondary N) is 1. The number of halogens is 1. The van der Waals surface area contributed by atoms with Gasteiger partial charge in [-0.25, -0.2) is 0 Å². The average molecular weight is 470 g/mol. The second kappa shape index (κ2) is 9.70. The molecule has 0 spiro atoms. The third-order valence-corrected chi connectivity index (χ3v) is 4.29. The van der Waals surface area contributed by atoms with Crippen molar-refractivity contribution in [1.29, 1.82) is 0 Å². The van der Waals surface area contributed by atoms with Crippen LogP contribution in [0.3, 0.4) is 0 Å². The van der Waals surface area contributed by atoms with Crippen molar-refractivity contribution in [3.8, 4) is 11.5 Å². The van der Waals surface area contributed by atoms with Crippen molar-refractivity contribution < 1.29 is 9.47 Å². The van der Waals surface area contributed by atoms with Gasteiger partial charge in [-0.1, -0.05) is 6.07 Å². The lowest BCUT2D eigenvalue weighted by Gasteiger charge is -2.22. The van der Waals surface area contributed by atoms with E-state index in [9.17, 15) is 0 Å². The second-order valence-corrected chi connectivity index (χ2v) is 6.20. The van der Waals surface area contributed by atoms with E-state index in [0.29, 0.717) is 19.8 Å². The summed E-state index contributed by atoms with van der Waals surface area (Å²) >= 11 is 0. The zero-order valence-electron chi connectivity index (χ0n) is 15.6. The summed E-state index contributed by atoms with van der Waals surface area (Å²) in [6.45, 7) is 2.89. The summed E-state index contributed by atoms with van der Waals surface area (Å²) < 4.78 is 13.6. The summed E-state index contributed by atoms with van der Waals surface area (Å²) in [5.41, 5.74) is 2.37. The Kier molecular flexibility index (Phi) is 7.62. The van der Waals surface area contributed by atoms with Crippen LogP contribution in [0.1, 0.15) is 17.7 Å². The Hall–Kier alpha value is -1.90. The molecule has 142 valence electrons. The maximum absolute atomic E-state index is 5.76. The highest BCUT2D eigenvalue weighted by Gasteiger charge is 2.12. The molecule has 26 heavy (non-hydrogen) atoms. The fraction of sp³-hybridized carbons (Fsp3) is 0.421. The highest BCUT2D eigenvalue weighted by molar-refractivity contribution is 14.0. The van der Waals surface area contributed by atoms with Crippen molar-refractivity contribution in [2.45, 2.75) is 19.5 Å². The molecule has 0 bridgehead atoms. The fourth-order valence-electron chi connectivity index (χ4n) is 2.86. The Balaban J connectivity index is 0.00000243. The molecule has 2 heterocycles. The molecule has 2 aromatic rings. The maximum Gasteiger partial charge on any atom is 0.194 e. The minimum atomic E-state index is 0. The van der Waals surface area contributed by atoms with Crippen LogP contribution in [0.15, 0.2) is 41.5 Å². The summed E-state index contributed by atoms with van der Waals surface area (Å²) in [5, 5.41) is 3.41. The molecular formula is C19H27IN4O2. The van der Waals surface area contributed by atoms with Gasteiger partial charge in [0, 0.05) is 46.0 Å². The summed E-state index contributed by atoms with van der Waals surface area (Å²) in [4.78, 5) is 6.49. The van der Waals surface area contributed by atoms with Gasteiger partial charge in [0.2, 0.25) is 0 Å². The molecule has 0 radical (unpaired) electrons. The van der Waals surface area contributed by atoms with Gasteiger partial charge in [-0.05, 0) is 29.8 Å². The quantitative estimate of drug-likeness (QED) is 0.424. The molecule has 1 N–H and O–H groups in total. The third-order valence-electron chi connectivity index (χ3n) is 4.29. The Bertz CT molecular complexity index is 745. The minimum Gasteiger partial charge on any atom is -0.490 e. The number of ether oxygens (including phenoxy) is 2. The van der Waals surface area contributed by atoms with Gasteiger partial charge >= 0.3 is 0 Å². The highest BCUT2D eigenvalue weighted by Crippen LogP contribution is 2.30. The van der Waals surface area contributed by atoms with E-state index in [1.54, 1.807) is 7.05 Å². The van der Waals surface area contributed by atoms with Crippen molar-refractivity contribution in [3.63, 3.8) is 0 Å². The first kappa shape index (κ1) is 20.4. The van der Waals surface area contributed by atoms with Crippen molar-refractivity contribution in [1.82, 2.24) is 14.8 Å². The third kappa shape index (κ3) is 5.06. The van der Waals surface area contributed by atoms with Gasteiger partial charge < -0.3 is 24.3 Å². The highest BCUT2D eigenvalue weighted by atomic mass is 127. The second-order valence-electron chi connectivity index (χ2n) is 6.20. The van der Waals surface area contributed by atoms with Crippen molar-refractivity contribution in [2.75, 3.05) is 27.3 Å². The van der Waals surface area contributed by atoms with Crippen LogP contribution in [0.2, 0.25) is 0 Å². The summed E-state index contributed by atoms with van der Waals surface area (Å²) in [6, 6.07) is 10.3. The van der Waals surface area contributed by atoms with Crippen LogP contribution in [0.4, 0.5) is 0 Å². The van der Waals surface area contributed by atoms with Crippen molar-refractivity contribution in [2.24, 2.45) is 12.0 Å². The van der Waals surface area contributed by atoms with E-state index in [1.165, 1.54) is 5.69 Å². The minimum absolute atomic E-state index is 0. The molecule has 1 aromatic carbocycles. The predicted molar refractivity (Wildman–Crippen MR) is 115 cm³/mol. The van der Waals surface area contributed by atoms with Crippen LogP contribution >= 0.6 is 24.0 Å². The zero-order chi connectivity index (χ0) is 17.6. The number of aromatic nitrogens is 1. The number of aliphatic imine (C=N–C) groups is 1. The molecule has 0 saturated heterocycles. The molecule has 0 atom stereocenters. The molecule has 0 unspecified atom stereocenters. The summed E-state index contributed by atoms with van der Waals surface area (Å²) in [6.07, 6.45) is 2.97. The van der Waals surface area contributed by atoms with Gasteiger partial charge in [0.25, 0.3) is 0 Å². The Morgan fingerprint density at radius 3 is 2.69 bits per heavy atom. The first-order valence-electron chi connectivity index (χ1n) is 8.58. The largest absolute Gasteiger partial charge is 0.490 e. The van der Waals surface area contributed by atoms with Gasteiger partial charge in [0.05, 0.1) is 19.8 Å². The lowest BCUT2D eigenvalue weighted by Crippen LogP contribution is -2.38. The molecule has 0 amide bonds. The van der Waals surface area contributed by atoms with Gasteiger partial charge in [0.1, 0.15) is 0 Å². The van der Waals surface area contributed by atoms with Crippen LogP contribution in [0.25, 0.3) is 0 Å². The zero-order valence-corrected chi connectivity index (χ0v) is 17.9. The molecular weight excluding hydrogens is 443 g/mol. The lowest BCUT2D eigenvalue weighted by molar-refractivity contribution is 0.297. The van der Waals surface area contributed by atoms with E-state index >= 15 is 0 Å². The molecule has 6 nitrogen and oxygen atoms in total. The first-order valence-corrected chi connectivity index (χ1v) is 8.58. The van der Waals surface area contributed by atoms with Crippen LogP contribution in [-0.2, 0) is 20.1 Å². The number of rotatable bonds is 4. The standard InChI is InChI=1S/C19H26N4O2.HI/c1-20-19(23(3)14-16-6-4-9-22(16)2)21-13-15-7-8-17-18(12-15)25-11-5-10-24-17;/h4,6-9,12H,5,10-11,13-14H2,1-3H3,(H,20,21);1H. The number of aryl methyl sites for hydroxylation is 1. The summed E-state index contributed by atoms with van der Waals surface area (Å²) in [7, 11) is 5.89. The van der Waals surface area contributed by atoms with Crippen molar-refractivity contribution >= 4 is 29.9 Å². The number of hydrogen-bond donors (Lipinski definition) is 1. The smallest absolute Gasteiger partial charge is 0.194 e. The molecule has 0 saturated carbocycles. The molecule has 1 aliphatic heterocycles. The molecule has 0 aliphatic carbocycles. The summed E-state index contributed by atoms with van der Waals surface area (Å²) in [5.74, 6) is 2.50. The van der Waals surface area contributed by atoms with E-state index in [-0.39, 0.29) is 24.0 Å². The monoisotopic (exact) mass is 470 g/mol. The molecule has 7 heteroatoms. The number of guanidine groups is 1. The van der Waals surface area contributed by atoms with E-state index in [2.05, 4.69) is 51.2 Å². The van der Waals surface area contributed by atoms with Gasteiger partial charge in [-0.2, -0.15) is 0 Å². The Morgan fingerprint density at radius 2 is 2.00 bits per heavy atom. The van der Waals surface area contributed by atoms with E-state index in [1.807, 2.05) is 19.2 Å². The molecule has 3 rings (SSSR count). The molecule has 0 fully saturated rings. The Morgan fingerprint density at radius 1 is 1.23 bits per heavy atom. The maximum atomic E-state index is 5.76. The van der Waals surface area contributed by atoms with Gasteiger partial charge in [-0.15, -0.1) is 24.0 Å². The lowest BCUT2D eigenvalue weighted by atomic mass is 10.2. The van der Waals surface area contributed by atoms with E-state index in [0.717, 1.165) is 36.0 Å². The van der Waals surface area contributed by atoms with Crippen LogP contribution < -0.4 is 14.8 Å². The van der Waals surface area contributed by atoms with Gasteiger partial charge in [-0.3, -0.25) is 4.99 Å². The van der Waals surface area contributed by atoms with Crippen LogP contribution in [0, 0.1) is 0 Å². The molecule has 1 aliphatic rings. The topological polar surface area (TPSA) is 51.0 Å². The number of nitrogens with zero attached hydrogens (tertiary/aromatic N) is 3. The number of fused-ring (bicyclic) bond motifs is 1.